The fourth-order valence-corrected chi connectivity index (χ4v) is 4.44. The number of thioether (sulfide) groups is 1. The Balaban J connectivity index is 2.67. The van der Waals surface area contributed by atoms with E-state index >= 15 is 0 Å². The number of aliphatic hydroxyl groups is 1. The Labute approximate surface area is 102 Å². The lowest BCUT2D eigenvalue weighted by Gasteiger charge is -2.34. The van der Waals surface area contributed by atoms with Crippen LogP contribution in [0.4, 0.5) is 0 Å². The van der Waals surface area contributed by atoms with Gasteiger partial charge in [0, 0.05) is 44.3 Å². The zero-order chi connectivity index (χ0) is 12.2. The van der Waals surface area contributed by atoms with Crippen molar-refractivity contribution in [2.45, 2.75) is 19.4 Å². The standard InChI is InChI=1S/C9H20N2O3S2/c1-9-8-15-7-5-11(9)16(13,14)10(2)4-3-6-12/h9,12H,3-8H2,1-2H3. The Morgan fingerprint density at radius 3 is 2.81 bits per heavy atom. The van der Waals surface area contributed by atoms with Crippen molar-refractivity contribution in [3.63, 3.8) is 0 Å². The first-order chi connectivity index (χ1) is 7.50. The van der Waals surface area contributed by atoms with Gasteiger partial charge in [-0.3, -0.25) is 0 Å². The molecule has 0 aromatic heterocycles. The zero-order valence-corrected chi connectivity index (χ0v) is 11.4. The summed E-state index contributed by atoms with van der Waals surface area (Å²) in [6, 6.07) is 0.0559. The molecule has 0 aromatic rings. The summed E-state index contributed by atoms with van der Waals surface area (Å²) in [5.41, 5.74) is 0. The van der Waals surface area contributed by atoms with E-state index in [1.165, 1.54) is 4.31 Å². The second-order valence-electron chi connectivity index (χ2n) is 3.94. The smallest absolute Gasteiger partial charge is 0.282 e. The third-order valence-corrected chi connectivity index (χ3v) is 5.92. The number of hydrogen-bond donors (Lipinski definition) is 1. The van der Waals surface area contributed by atoms with Crippen LogP contribution in [0.1, 0.15) is 13.3 Å². The molecule has 0 aromatic carbocycles. The van der Waals surface area contributed by atoms with E-state index in [9.17, 15) is 8.42 Å². The molecule has 0 radical (unpaired) electrons. The first-order valence-corrected chi connectivity index (χ1v) is 7.97. The van der Waals surface area contributed by atoms with Crippen molar-refractivity contribution in [1.82, 2.24) is 8.61 Å². The zero-order valence-electron chi connectivity index (χ0n) is 9.79. The van der Waals surface area contributed by atoms with Crippen LogP contribution in [0.15, 0.2) is 0 Å². The topological polar surface area (TPSA) is 60.9 Å². The molecular formula is C9H20N2O3S2. The average Bonchev–Trinajstić information content (AvgIpc) is 2.26. The van der Waals surface area contributed by atoms with Crippen LogP contribution in [0, 0.1) is 0 Å². The third kappa shape index (κ3) is 3.33. The maximum atomic E-state index is 12.2. The molecule has 5 nitrogen and oxygen atoms in total. The summed E-state index contributed by atoms with van der Waals surface area (Å²) in [7, 11) is -1.77. The molecule has 1 unspecified atom stereocenters. The van der Waals surface area contributed by atoms with Gasteiger partial charge in [0.05, 0.1) is 0 Å². The quantitative estimate of drug-likeness (QED) is 0.761. The lowest BCUT2D eigenvalue weighted by Crippen LogP contribution is -2.50. The molecule has 1 heterocycles. The van der Waals surface area contributed by atoms with Crippen LogP contribution in [0.2, 0.25) is 0 Å². The normalized spacial score (nSPS) is 23.9. The third-order valence-electron chi connectivity index (χ3n) is 2.63. The highest BCUT2D eigenvalue weighted by molar-refractivity contribution is 7.99. The van der Waals surface area contributed by atoms with E-state index in [1.807, 2.05) is 6.92 Å². The monoisotopic (exact) mass is 268 g/mol. The molecule has 1 rings (SSSR count). The molecule has 0 amide bonds. The summed E-state index contributed by atoms with van der Waals surface area (Å²) < 4.78 is 27.2. The van der Waals surface area contributed by atoms with Crippen molar-refractivity contribution in [1.29, 1.82) is 0 Å². The van der Waals surface area contributed by atoms with Crippen LogP contribution in [-0.2, 0) is 10.2 Å². The summed E-state index contributed by atoms with van der Waals surface area (Å²) in [5.74, 6) is 1.71. The van der Waals surface area contributed by atoms with Crippen LogP contribution in [-0.4, -0.2) is 66.4 Å². The Bertz CT molecular complexity index is 308. The molecule has 1 aliphatic heterocycles. The van der Waals surface area contributed by atoms with Gasteiger partial charge in [0.1, 0.15) is 0 Å². The highest BCUT2D eigenvalue weighted by atomic mass is 32.2. The fourth-order valence-electron chi connectivity index (χ4n) is 1.64. The van der Waals surface area contributed by atoms with Gasteiger partial charge in [-0.15, -0.1) is 0 Å². The SMILES string of the molecule is CC1CSCCN1S(=O)(=O)N(C)CCCO. The average molecular weight is 268 g/mol. The summed E-state index contributed by atoms with van der Waals surface area (Å²) >= 11 is 1.79. The molecule has 0 saturated carbocycles. The molecule has 16 heavy (non-hydrogen) atoms. The predicted molar refractivity (Wildman–Crippen MR) is 66.7 cm³/mol. The highest BCUT2D eigenvalue weighted by Gasteiger charge is 2.32. The van der Waals surface area contributed by atoms with Gasteiger partial charge in [-0.05, 0) is 13.3 Å². The highest BCUT2D eigenvalue weighted by Crippen LogP contribution is 2.20. The van der Waals surface area contributed by atoms with Gasteiger partial charge in [-0.25, -0.2) is 0 Å². The molecule has 7 heteroatoms. The fraction of sp³-hybridized carbons (Fsp3) is 1.00. The lowest BCUT2D eigenvalue weighted by molar-refractivity contribution is 0.268. The van der Waals surface area contributed by atoms with E-state index in [-0.39, 0.29) is 12.6 Å². The molecule has 0 bridgehead atoms. The van der Waals surface area contributed by atoms with E-state index in [0.29, 0.717) is 19.5 Å². The van der Waals surface area contributed by atoms with Crippen LogP contribution in [0.25, 0.3) is 0 Å². The number of rotatable bonds is 5. The largest absolute Gasteiger partial charge is 0.396 e. The molecular weight excluding hydrogens is 248 g/mol. The number of nitrogens with zero attached hydrogens (tertiary/aromatic N) is 2. The van der Waals surface area contributed by atoms with E-state index in [4.69, 9.17) is 5.11 Å². The van der Waals surface area contributed by atoms with Gasteiger partial charge in [-0.2, -0.15) is 28.8 Å². The van der Waals surface area contributed by atoms with E-state index in [2.05, 4.69) is 0 Å². The second kappa shape index (κ2) is 6.20. The van der Waals surface area contributed by atoms with Crippen molar-refractivity contribution < 1.29 is 13.5 Å². The van der Waals surface area contributed by atoms with Crippen molar-refractivity contribution in [2.75, 3.05) is 38.2 Å². The molecule has 1 N–H and O–H groups in total. The van der Waals surface area contributed by atoms with Crippen molar-refractivity contribution in [3.05, 3.63) is 0 Å². The van der Waals surface area contributed by atoms with Gasteiger partial charge in [0.15, 0.2) is 0 Å². The molecule has 1 fully saturated rings. The van der Waals surface area contributed by atoms with Gasteiger partial charge in [0.2, 0.25) is 0 Å². The van der Waals surface area contributed by atoms with Crippen molar-refractivity contribution >= 4 is 22.0 Å². The molecule has 1 saturated heterocycles. The summed E-state index contributed by atoms with van der Waals surface area (Å²) in [6.45, 7) is 2.90. The Hall–Kier alpha value is 0.180. The maximum Gasteiger partial charge on any atom is 0.282 e. The molecule has 1 aliphatic rings. The Kier molecular flexibility index (Phi) is 5.52. The first kappa shape index (κ1) is 14.2. The number of aliphatic hydroxyl groups excluding tert-OH is 1. The van der Waals surface area contributed by atoms with Crippen LogP contribution >= 0.6 is 11.8 Å². The molecule has 96 valence electrons. The summed E-state index contributed by atoms with van der Waals surface area (Å²) in [4.78, 5) is 0. The molecule has 0 aliphatic carbocycles. The van der Waals surface area contributed by atoms with Crippen molar-refractivity contribution in [3.8, 4) is 0 Å². The minimum absolute atomic E-state index is 0.0191. The van der Waals surface area contributed by atoms with Crippen LogP contribution in [0.3, 0.4) is 0 Å². The predicted octanol–water partition coefficient (Wildman–Crippen LogP) is -0.0173. The molecule has 1 atom stereocenters. The van der Waals surface area contributed by atoms with Gasteiger partial charge < -0.3 is 5.11 Å². The Morgan fingerprint density at radius 2 is 2.25 bits per heavy atom. The minimum Gasteiger partial charge on any atom is -0.396 e. The van der Waals surface area contributed by atoms with Crippen molar-refractivity contribution in [2.24, 2.45) is 0 Å². The second-order valence-corrected chi connectivity index (χ2v) is 7.08. The van der Waals surface area contributed by atoms with Gasteiger partial charge in [0.25, 0.3) is 10.2 Å². The summed E-state index contributed by atoms with van der Waals surface area (Å²) in [6.07, 6.45) is 0.479. The van der Waals surface area contributed by atoms with E-state index in [0.717, 1.165) is 11.5 Å². The van der Waals surface area contributed by atoms with Gasteiger partial charge >= 0.3 is 0 Å². The Morgan fingerprint density at radius 1 is 1.56 bits per heavy atom. The van der Waals surface area contributed by atoms with Crippen LogP contribution < -0.4 is 0 Å². The lowest BCUT2D eigenvalue weighted by atomic mass is 10.4. The van der Waals surface area contributed by atoms with E-state index in [1.54, 1.807) is 23.1 Å². The van der Waals surface area contributed by atoms with Crippen LogP contribution in [0.5, 0.6) is 0 Å². The summed E-state index contributed by atoms with van der Waals surface area (Å²) in [5, 5.41) is 8.70. The first-order valence-electron chi connectivity index (χ1n) is 5.42. The van der Waals surface area contributed by atoms with E-state index < -0.39 is 10.2 Å². The molecule has 0 spiro atoms. The minimum atomic E-state index is -3.34. The number of hydrogen-bond acceptors (Lipinski definition) is 4. The van der Waals surface area contributed by atoms with Gasteiger partial charge in [-0.1, -0.05) is 0 Å². The maximum absolute atomic E-state index is 12.2.